The van der Waals surface area contributed by atoms with Gasteiger partial charge in [-0.25, -0.2) is 9.78 Å². The molecule has 32 heavy (non-hydrogen) atoms. The molecule has 1 aromatic carbocycles. The van der Waals surface area contributed by atoms with Crippen LogP contribution in [0.5, 0.6) is 5.75 Å². The minimum absolute atomic E-state index is 0.00562. The van der Waals surface area contributed by atoms with Crippen molar-refractivity contribution in [2.75, 3.05) is 0 Å². The number of H-pyrrole nitrogens is 1. The number of primary amides is 1. The van der Waals surface area contributed by atoms with Crippen LogP contribution in [0.15, 0.2) is 36.8 Å². The van der Waals surface area contributed by atoms with Crippen molar-refractivity contribution in [3.05, 3.63) is 48.0 Å². The van der Waals surface area contributed by atoms with E-state index < -0.39 is 41.8 Å². The van der Waals surface area contributed by atoms with Crippen molar-refractivity contribution >= 4 is 23.7 Å². The SMILES string of the molecule is NC(=O)CCC(NC(=O)C(Cc1cnc[nH]1)NC(=O)C(N)Cc1ccc(O)cc1)C(=O)O. The number of benzene rings is 1. The van der Waals surface area contributed by atoms with Gasteiger partial charge in [0, 0.05) is 24.7 Å². The lowest BCUT2D eigenvalue weighted by atomic mass is 10.0. The number of phenolic OH excluding ortho intramolecular Hbond substituents is 1. The van der Waals surface area contributed by atoms with E-state index >= 15 is 0 Å². The number of amides is 3. The summed E-state index contributed by atoms with van der Waals surface area (Å²) in [6, 6.07) is 2.66. The Morgan fingerprint density at radius 1 is 1.03 bits per heavy atom. The van der Waals surface area contributed by atoms with Gasteiger partial charge in [-0.3, -0.25) is 14.4 Å². The van der Waals surface area contributed by atoms with Crippen LogP contribution in [0, 0.1) is 0 Å². The number of nitrogens with one attached hydrogen (secondary N) is 3. The number of aliphatic carboxylic acids is 1. The Morgan fingerprint density at radius 3 is 2.25 bits per heavy atom. The van der Waals surface area contributed by atoms with Gasteiger partial charge >= 0.3 is 5.97 Å². The molecule has 0 fully saturated rings. The van der Waals surface area contributed by atoms with Crippen LogP contribution in [0.1, 0.15) is 24.1 Å². The molecule has 1 heterocycles. The Morgan fingerprint density at radius 2 is 1.69 bits per heavy atom. The molecule has 3 amide bonds. The van der Waals surface area contributed by atoms with Gasteiger partial charge in [-0.2, -0.15) is 0 Å². The van der Waals surface area contributed by atoms with E-state index in [0.29, 0.717) is 11.3 Å². The third-order valence-corrected chi connectivity index (χ3v) is 4.63. The minimum Gasteiger partial charge on any atom is -0.508 e. The number of hydrogen-bond acceptors (Lipinski definition) is 7. The van der Waals surface area contributed by atoms with Crippen molar-refractivity contribution in [3.8, 4) is 5.75 Å². The number of aromatic hydroxyl groups is 1. The quantitative estimate of drug-likeness (QED) is 0.204. The largest absolute Gasteiger partial charge is 0.508 e. The Hall–Kier alpha value is -3.93. The maximum atomic E-state index is 12.8. The molecule has 0 aliphatic carbocycles. The van der Waals surface area contributed by atoms with E-state index in [-0.39, 0.29) is 31.4 Å². The molecule has 12 heteroatoms. The Labute approximate surface area is 183 Å². The second-order valence-electron chi connectivity index (χ2n) is 7.22. The van der Waals surface area contributed by atoms with E-state index in [0.717, 1.165) is 0 Å². The first-order valence-corrected chi connectivity index (χ1v) is 9.78. The maximum absolute atomic E-state index is 12.8. The highest BCUT2D eigenvalue weighted by molar-refractivity contribution is 5.92. The molecule has 12 nitrogen and oxygen atoms in total. The van der Waals surface area contributed by atoms with Gasteiger partial charge in [-0.05, 0) is 30.5 Å². The molecule has 3 unspecified atom stereocenters. The molecule has 0 saturated carbocycles. The van der Waals surface area contributed by atoms with Gasteiger partial charge in [0.15, 0.2) is 0 Å². The lowest BCUT2D eigenvalue weighted by molar-refractivity contribution is -0.142. The number of phenols is 1. The topological polar surface area (TPSA) is 214 Å². The van der Waals surface area contributed by atoms with Crippen LogP contribution in [0.2, 0.25) is 0 Å². The predicted octanol–water partition coefficient (Wildman–Crippen LogP) is -1.45. The smallest absolute Gasteiger partial charge is 0.326 e. The van der Waals surface area contributed by atoms with Crippen molar-refractivity contribution < 1.29 is 29.4 Å². The van der Waals surface area contributed by atoms with Gasteiger partial charge in [-0.1, -0.05) is 12.1 Å². The fourth-order valence-corrected chi connectivity index (χ4v) is 2.90. The molecule has 1 aromatic heterocycles. The number of nitrogens with zero attached hydrogens (tertiary/aromatic N) is 1. The van der Waals surface area contributed by atoms with Gasteiger partial charge in [0.2, 0.25) is 17.7 Å². The van der Waals surface area contributed by atoms with Crippen molar-refractivity contribution in [1.82, 2.24) is 20.6 Å². The lowest BCUT2D eigenvalue weighted by Crippen LogP contribution is -2.55. The summed E-state index contributed by atoms with van der Waals surface area (Å²) in [5.41, 5.74) is 12.3. The van der Waals surface area contributed by atoms with E-state index in [9.17, 15) is 29.4 Å². The fraction of sp³-hybridized carbons (Fsp3) is 0.350. The van der Waals surface area contributed by atoms with Crippen LogP contribution in [0.4, 0.5) is 0 Å². The van der Waals surface area contributed by atoms with Gasteiger partial charge in [-0.15, -0.1) is 0 Å². The second kappa shape index (κ2) is 11.5. The maximum Gasteiger partial charge on any atom is 0.326 e. The van der Waals surface area contributed by atoms with E-state index in [1.165, 1.54) is 24.7 Å². The van der Waals surface area contributed by atoms with Crippen LogP contribution >= 0.6 is 0 Å². The summed E-state index contributed by atoms with van der Waals surface area (Å²) in [5, 5.41) is 23.5. The molecular formula is C20H26N6O6. The zero-order valence-corrected chi connectivity index (χ0v) is 17.2. The third-order valence-electron chi connectivity index (χ3n) is 4.63. The van der Waals surface area contributed by atoms with Gasteiger partial charge in [0.1, 0.15) is 17.8 Å². The fourth-order valence-electron chi connectivity index (χ4n) is 2.90. The zero-order chi connectivity index (χ0) is 23.7. The standard InChI is InChI=1S/C20H26N6O6/c21-14(7-11-1-3-13(27)4-2-11)18(29)26-16(8-12-9-23-10-24-12)19(30)25-15(20(31)32)5-6-17(22)28/h1-4,9-10,14-16,27H,5-8,21H2,(H2,22,28)(H,23,24)(H,25,30)(H,26,29)(H,31,32). The monoisotopic (exact) mass is 446 g/mol. The zero-order valence-electron chi connectivity index (χ0n) is 17.2. The molecule has 0 radical (unpaired) electrons. The first-order valence-electron chi connectivity index (χ1n) is 9.78. The normalized spacial score (nSPS) is 13.5. The van der Waals surface area contributed by atoms with Crippen LogP contribution in [0.3, 0.4) is 0 Å². The van der Waals surface area contributed by atoms with Crippen molar-refractivity contribution in [2.24, 2.45) is 11.5 Å². The Kier molecular flexibility index (Phi) is 8.72. The number of rotatable bonds is 12. The molecule has 0 aliphatic heterocycles. The summed E-state index contributed by atoms with van der Waals surface area (Å²) in [7, 11) is 0. The molecule has 3 atom stereocenters. The average Bonchev–Trinajstić information content (AvgIpc) is 3.24. The van der Waals surface area contributed by atoms with Gasteiger partial charge in [0.05, 0.1) is 12.4 Å². The van der Waals surface area contributed by atoms with E-state index in [2.05, 4.69) is 20.6 Å². The number of hydrogen-bond donors (Lipinski definition) is 7. The summed E-state index contributed by atoms with van der Waals surface area (Å²) >= 11 is 0. The van der Waals surface area contributed by atoms with Crippen molar-refractivity contribution in [2.45, 2.75) is 43.8 Å². The Balaban J connectivity index is 2.08. The highest BCUT2D eigenvalue weighted by Gasteiger charge is 2.28. The van der Waals surface area contributed by atoms with E-state index in [1.807, 2.05) is 0 Å². The highest BCUT2D eigenvalue weighted by Crippen LogP contribution is 2.11. The molecule has 0 spiro atoms. The summed E-state index contributed by atoms with van der Waals surface area (Å²) in [5.74, 6) is -3.35. The number of carbonyl (C=O) groups is 4. The summed E-state index contributed by atoms with van der Waals surface area (Å²) in [6.45, 7) is 0. The van der Waals surface area contributed by atoms with Crippen LogP contribution in [0.25, 0.3) is 0 Å². The molecule has 2 aromatic rings. The van der Waals surface area contributed by atoms with Gasteiger partial charge < -0.3 is 37.3 Å². The van der Waals surface area contributed by atoms with Crippen LogP contribution in [-0.2, 0) is 32.0 Å². The Bertz CT molecular complexity index is 931. The molecule has 0 aliphatic rings. The molecular weight excluding hydrogens is 420 g/mol. The number of imidazole rings is 1. The highest BCUT2D eigenvalue weighted by atomic mass is 16.4. The van der Waals surface area contributed by atoms with Crippen molar-refractivity contribution in [1.29, 1.82) is 0 Å². The number of carboxylic acid groups (broad SMARTS) is 1. The van der Waals surface area contributed by atoms with E-state index in [4.69, 9.17) is 11.5 Å². The third kappa shape index (κ3) is 7.72. The summed E-state index contributed by atoms with van der Waals surface area (Å²) < 4.78 is 0. The summed E-state index contributed by atoms with van der Waals surface area (Å²) in [6.07, 6.45) is 2.60. The van der Waals surface area contributed by atoms with E-state index in [1.54, 1.807) is 12.1 Å². The second-order valence-corrected chi connectivity index (χ2v) is 7.22. The van der Waals surface area contributed by atoms with Crippen molar-refractivity contribution in [3.63, 3.8) is 0 Å². The predicted molar refractivity (Wildman–Crippen MR) is 112 cm³/mol. The number of carbonyl (C=O) groups excluding carboxylic acids is 3. The molecule has 172 valence electrons. The van der Waals surface area contributed by atoms with Crippen LogP contribution < -0.4 is 22.1 Å². The number of carboxylic acids is 1. The first kappa shape index (κ1) is 24.3. The van der Waals surface area contributed by atoms with Gasteiger partial charge in [0.25, 0.3) is 0 Å². The minimum atomic E-state index is -1.36. The first-order chi connectivity index (χ1) is 15.2. The molecule has 0 saturated heterocycles. The average molecular weight is 446 g/mol. The number of nitrogens with two attached hydrogens (primary N) is 2. The molecule has 0 bridgehead atoms. The molecule has 9 N–H and O–H groups in total. The number of aromatic amines is 1. The number of aromatic nitrogens is 2. The molecule has 2 rings (SSSR count). The van der Waals surface area contributed by atoms with Crippen LogP contribution in [-0.4, -0.2) is 62.0 Å². The summed E-state index contributed by atoms with van der Waals surface area (Å²) in [4.78, 5) is 54.5. The lowest BCUT2D eigenvalue weighted by Gasteiger charge is -2.22.